The maximum absolute atomic E-state index is 12.2. The van der Waals surface area contributed by atoms with Crippen LogP contribution in [0.5, 0.6) is 6.01 Å². The average Bonchev–Trinajstić information content (AvgIpc) is 2.87. The monoisotopic (exact) mass is 278 g/mol. The summed E-state index contributed by atoms with van der Waals surface area (Å²) in [5, 5.41) is 8.99. The van der Waals surface area contributed by atoms with Crippen molar-refractivity contribution in [1.29, 1.82) is 0 Å². The quantitative estimate of drug-likeness (QED) is 0.837. The van der Waals surface area contributed by atoms with Gasteiger partial charge in [-0.3, -0.25) is 10.1 Å². The lowest BCUT2D eigenvalue weighted by Gasteiger charge is -2.06. The molecule has 2 rings (SSSR count). The fourth-order valence-corrected chi connectivity index (χ4v) is 1.98. The van der Waals surface area contributed by atoms with Crippen LogP contribution in [0, 0.1) is 6.92 Å². The smallest absolute Gasteiger partial charge is 0.336 e. The third kappa shape index (κ3) is 3.05. The summed E-state index contributed by atoms with van der Waals surface area (Å²) in [5.74, 6) is 0.0306. The molecule has 0 radical (unpaired) electrons. The molecule has 7 heteroatoms. The number of anilines is 1. The summed E-state index contributed by atoms with van der Waals surface area (Å²) in [7, 11) is 1.46. The molecule has 0 aliphatic carbocycles. The summed E-state index contributed by atoms with van der Waals surface area (Å²) in [6.45, 7) is 1.89. The van der Waals surface area contributed by atoms with Crippen LogP contribution in [0.25, 0.3) is 0 Å². The van der Waals surface area contributed by atoms with E-state index in [2.05, 4.69) is 20.5 Å². The van der Waals surface area contributed by atoms with Crippen molar-refractivity contribution in [3.05, 3.63) is 29.3 Å². The molecule has 6 nitrogen and oxygen atoms in total. The van der Waals surface area contributed by atoms with Crippen LogP contribution >= 0.6 is 11.8 Å². The molecule has 1 aromatic heterocycles. The molecular weight excluding hydrogens is 264 g/mol. The second-order valence-electron chi connectivity index (χ2n) is 3.81. The van der Waals surface area contributed by atoms with Crippen LogP contribution in [0.4, 0.5) is 5.95 Å². The summed E-state index contributed by atoms with van der Waals surface area (Å²) in [4.78, 5) is 17.1. The number of carbonyl (C=O) groups is 1. The summed E-state index contributed by atoms with van der Waals surface area (Å²) in [6.07, 6.45) is 1.97. The zero-order valence-corrected chi connectivity index (χ0v) is 11.7. The fourth-order valence-electron chi connectivity index (χ4n) is 1.54. The first-order valence-corrected chi connectivity index (χ1v) is 6.79. The van der Waals surface area contributed by atoms with Crippen molar-refractivity contribution in [3.63, 3.8) is 0 Å². The molecule has 1 aromatic carbocycles. The molecule has 0 bridgehead atoms. The highest BCUT2D eigenvalue weighted by Crippen LogP contribution is 2.19. The molecule has 0 atom stereocenters. The van der Waals surface area contributed by atoms with Crippen molar-refractivity contribution < 1.29 is 9.53 Å². The summed E-state index contributed by atoms with van der Waals surface area (Å²) in [5.41, 5.74) is 1.52. The molecule has 0 aliphatic heterocycles. The molecule has 100 valence electrons. The highest BCUT2D eigenvalue weighted by Gasteiger charge is 2.12. The average molecular weight is 278 g/mol. The number of aromatic amines is 1. The van der Waals surface area contributed by atoms with E-state index in [0.717, 1.165) is 10.5 Å². The molecule has 1 heterocycles. The molecule has 0 saturated heterocycles. The number of ether oxygens (including phenoxy) is 1. The van der Waals surface area contributed by atoms with E-state index in [4.69, 9.17) is 4.74 Å². The van der Waals surface area contributed by atoms with Gasteiger partial charge in [-0.05, 0) is 30.9 Å². The number of nitrogens with one attached hydrogen (secondary N) is 2. The Morgan fingerprint density at radius 1 is 1.47 bits per heavy atom. The number of methoxy groups -OCH3 is 1. The molecular formula is C12H14N4O2S. The lowest BCUT2D eigenvalue weighted by molar-refractivity contribution is 0.102. The molecule has 1 amide bonds. The van der Waals surface area contributed by atoms with Crippen molar-refractivity contribution in [2.45, 2.75) is 11.8 Å². The van der Waals surface area contributed by atoms with Gasteiger partial charge in [-0.15, -0.1) is 16.9 Å². The molecule has 0 unspecified atom stereocenters. The minimum atomic E-state index is -0.229. The van der Waals surface area contributed by atoms with Crippen molar-refractivity contribution in [2.75, 3.05) is 18.7 Å². The Balaban J connectivity index is 2.19. The van der Waals surface area contributed by atoms with E-state index in [1.54, 1.807) is 11.8 Å². The Bertz CT molecular complexity index is 597. The third-order valence-electron chi connectivity index (χ3n) is 2.57. The second kappa shape index (κ2) is 5.75. The van der Waals surface area contributed by atoms with Gasteiger partial charge in [0.25, 0.3) is 5.91 Å². The Morgan fingerprint density at radius 3 is 2.89 bits per heavy atom. The predicted molar refractivity (Wildman–Crippen MR) is 73.8 cm³/mol. The molecule has 0 saturated carbocycles. The number of H-pyrrole nitrogens is 1. The number of aryl methyl sites for hydroxylation is 1. The number of benzene rings is 1. The molecule has 2 N–H and O–H groups in total. The molecule has 19 heavy (non-hydrogen) atoms. The van der Waals surface area contributed by atoms with Gasteiger partial charge in [0.1, 0.15) is 0 Å². The number of hydrogen-bond donors (Lipinski definition) is 2. The lowest BCUT2D eigenvalue weighted by Crippen LogP contribution is -2.14. The Kier molecular flexibility index (Phi) is 4.06. The zero-order valence-electron chi connectivity index (χ0n) is 10.9. The Labute approximate surface area is 115 Å². The molecule has 0 fully saturated rings. The van der Waals surface area contributed by atoms with Gasteiger partial charge in [0.15, 0.2) is 0 Å². The highest BCUT2D eigenvalue weighted by molar-refractivity contribution is 7.98. The van der Waals surface area contributed by atoms with E-state index in [9.17, 15) is 4.79 Å². The fraction of sp³-hybridized carbons (Fsp3) is 0.250. The second-order valence-corrected chi connectivity index (χ2v) is 4.69. The van der Waals surface area contributed by atoms with E-state index >= 15 is 0 Å². The first-order valence-electron chi connectivity index (χ1n) is 5.56. The minimum absolute atomic E-state index is 0.185. The molecule has 2 aromatic rings. The van der Waals surface area contributed by atoms with Gasteiger partial charge >= 0.3 is 6.01 Å². The first kappa shape index (κ1) is 13.4. The SMILES string of the molecule is COc1n[nH]c(NC(=O)c2cc(SC)ccc2C)n1. The number of carbonyl (C=O) groups excluding carboxylic acids is 1. The number of aromatic nitrogens is 3. The zero-order chi connectivity index (χ0) is 13.8. The van der Waals surface area contributed by atoms with E-state index in [-0.39, 0.29) is 17.9 Å². The standard InChI is InChI=1S/C12H14N4O2S/c1-7-4-5-8(19-3)6-9(7)10(17)13-11-14-12(18-2)16-15-11/h4-6H,1-3H3,(H2,13,14,15,16,17). The number of nitrogens with zero attached hydrogens (tertiary/aromatic N) is 2. The van der Waals surface area contributed by atoms with Gasteiger partial charge in [0.2, 0.25) is 5.95 Å². The maximum atomic E-state index is 12.2. The van der Waals surface area contributed by atoms with E-state index in [1.807, 2.05) is 31.4 Å². The van der Waals surface area contributed by atoms with Crippen molar-refractivity contribution in [1.82, 2.24) is 15.2 Å². The van der Waals surface area contributed by atoms with Gasteiger partial charge in [0, 0.05) is 10.5 Å². The summed E-state index contributed by atoms with van der Waals surface area (Å²) in [6, 6.07) is 5.93. The van der Waals surface area contributed by atoms with Gasteiger partial charge < -0.3 is 4.74 Å². The van der Waals surface area contributed by atoms with E-state index in [0.29, 0.717) is 5.56 Å². The summed E-state index contributed by atoms with van der Waals surface area (Å²) < 4.78 is 4.83. The third-order valence-corrected chi connectivity index (χ3v) is 3.29. The largest absolute Gasteiger partial charge is 0.466 e. The Morgan fingerprint density at radius 2 is 2.26 bits per heavy atom. The van der Waals surface area contributed by atoms with Gasteiger partial charge in [-0.25, -0.2) is 5.10 Å². The normalized spacial score (nSPS) is 10.3. The Hall–Kier alpha value is -2.02. The van der Waals surface area contributed by atoms with Crippen LogP contribution in [-0.4, -0.2) is 34.5 Å². The van der Waals surface area contributed by atoms with Gasteiger partial charge in [-0.1, -0.05) is 6.07 Å². The van der Waals surface area contributed by atoms with Crippen LogP contribution < -0.4 is 10.1 Å². The highest BCUT2D eigenvalue weighted by atomic mass is 32.2. The van der Waals surface area contributed by atoms with Crippen LogP contribution in [0.3, 0.4) is 0 Å². The number of hydrogen-bond acceptors (Lipinski definition) is 5. The van der Waals surface area contributed by atoms with Crippen LogP contribution in [0.2, 0.25) is 0 Å². The predicted octanol–water partition coefficient (Wildman–Crippen LogP) is 2.10. The number of amides is 1. The molecule has 0 aliphatic rings. The first-order chi connectivity index (χ1) is 9.13. The summed E-state index contributed by atoms with van der Waals surface area (Å²) >= 11 is 1.59. The van der Waals surface area contributed by atoms with Crippen molar-refractivity contribution in [2.24, 2.45) is 0 Å². The van der Waals surface area contributed by atoms with Crippen LogP contribution in [0.1, 0.15) is 15.9 Å². The van der Waals surface area contributed by atoms with Crippen molar-refractivity contribution >= 4 is 23.6 Å². The lowest BCUT2D eigenvalue weighted by atomic mass is 10.1. The molecule has 0 spiro atoms. The van der Waals surface area contributed by atoms with Crippen LogP contribution in [0.15, 0.2) is 23.1 Å². The number of rotatable bonds is 4. The van der Waals surface area contributed by atoms with E-state index < -0.39 is 0 Å². The maximum Gasteiger partial charge on any atom is 0.336 e. The topological polar surface area (TPSA) is 79.9 Å². The van der Waals surface area contributed by atoms with E-state index in [1.165, 1.54) is 7.11 Å². The van der Waals surface area contributed by atoms with Gasteiger partial charge in [-0.2, -0.15) is 4.98 Å². The van der Waals surface area contributed by atoms with Crippen molar-refractivity contribution in [3.8, 4) is 6.01 Å². The minimum Gasteiger partial charge on any atom is -0.466 e. The number of thioether (sulfide) groups is 1. The van der Waals surface area contributed by atoms with Gasteiger partial charge in [0.05, 0.1) is 7.11 Å². The van der Waals surface area contributed by atoms with Crippen LogP contribution in [-0.2, 0) is 0 Å².